The Kier molecular flexibility index (Phi) is 4.88. The van der Waals surface area contributed by atoms with Gasteiger partial charge in [-0.2, -0.15) is 0 Å². The zero-order valence-corrected chi connectivity index (χ0v) is 14.1. The summed E-state index contributed by atoms with van der Waals surface area (Å²) in [6.45, 7) is 0.509. The smallest absolute Gasteiger partial charge is 0.277 e. The Balaban J connectivity index is 1.68. The molecule has 0 aliphatic carbocycles. The Morgan fingerprint density at radius 2 is 1.46 bits per heavy atom. The normalized spacial score (nSPS) is 14.1. The lowest BCUT2D eigenvalue weighted by molar-refractivity contribution is -0.138. The van der Waals surface area contributed by atoms with Crippen molar-refractivity contribution < 1.29 is 9.59 Å². The zero-order valence-electron chi connectivity index (χ0n) is 12.6. The van der Waals surface area contributed by atoms with Crippen molar-refractivity contribution in [3.8, 4) is 0 Å². The number of nitrogens with zero attached hydrogens (tertiary/aromatic N) is 1. The van der Waals surface area contributed by atoms with E-state index in [-0.39, 0.29) is 24.1 Å². The molecular formula is C18H14Cl2N2O2. The van der Waals surface area contributed by atoms with E-state index in [1.807, 2.05) is 24.3 Å². The van der Waals surface area contributed by atoms with Gasteiger partial charge < -0.3 is 5.32 Å². The van der Waals surface area contributed by atoms with Gasteiger partial charge in [-0.1, -0.05) is 59.6 Å². The van der Waals surface area contributed by atoms with E-state index < -0.39 is 0 Å². The Morgan fingerprint density at radius 3 is 2.08 bits per heavy atom. The van der Waals surface area contributed by atoms with E-state index in [9.17, 15) is 9.59 Å². The average Bonchev–Trinajstić information content (AvgIpc) is 2.83. The maximum atomic E-state index is 12.4. The Morgan fingerprint density at radius 1 is 0.875 bits per heavy atom. The quantitative estimate of drug-likeness (QED) is 0.829. The molecule has 1 aliphatic heterocycles. The Hall–Kier alpha value is -2.30. The summed E-state index contributed by atoms with van der Waals surface area (Å²) in [5.74, 6) is -0.728. The standard InChI is InChI=1S/C18H14Cl2N2O2/c19-14-7-3-1-5-12(14)10-21-16-9-17(23)22(18(16)24)11-13-6-2-4-8-15(13)20/h1-9,21H,10-11H2. The van der Waals surface area contributed by atoms with Crippen molar-refractivity contribution in [1.29, 1.82) is 0 Å². The van der Waals surface area contributed by atoms with E-state index in [2.05, 4.69) is 5.32 Å². The molecule has 122 valence electrons. The third kappa shape index (κ3) is 3.45. The van der Waals surface area contributed by atoms with Crippen LogP contribution in [0.5, 0.6) is 0 Å². The predicted octanol–water partition coefficient (Wildman–Crippen LogP) is 3.54. The molecule has 2 aromatic carbocycles. The van der Waals surface area contributed by atoms with Gasteiger partial charge in [-0.05, 0) is 23.3 Å². The van der Waals surface area contributed by atoms with Crippen LogP contribution in [0, 0.1) is 0 Å². The summed E-state index contributed by atoms with van der Waals surface area (Å²) in [5.41, 5.74) is 1.83. The zero-order chi connectivity index (χ0) is 17.1. The number of halogens is 2. The SMILES string of the molecule is O=C1C=C(NCc2ccccc2Cl)C(=O)N1Cc1ccccc1Cl. The van der Waals surface area contributed by atoms with E-state index in [0.717, 1.165) is 16.0 Å². The number of benzene rings is 2. The van der Waals surface area contributed by atoms with E-state index in [1.54, 1.807) is 24.3 Å². The van der Waals surface area contributed by atoms with Crippen LogP contribution < -0.4 is 5.32 Å². The summed E-state index contributed by atoms with van der Waals surface area (Å²) < 4.78 is 0. The number of rotatable bonds is 5. The van der Waals surface area contributed by atoms with Crippen LogP contribution >= 0.6 is 23.2 Å². The molecule has 0 bridgehead atoms. The minimum absolute atomic E-state index is 0.144. The predicted molar refractivity (Wildman–Crippen MR) is 93.4 cm³/mol. The molecule has 1 N–H and O–H groups in total. The van der Waals surface area contributed by atoms with Gasteiger partial charge in [0, 0.05) is 22.7 Å². The number of carbonyl (C=O) groups excluding carboxylic acids is 2. The fourth-order valence-electron chi connectivity index (χ4n) is 2.41. The van der Waals surface area contributed by atoms with Crippen molar-refractivity contribution in [2.24, 2.45) is 0 Å². The summed E-state index contributed by atoms with van der Waals surface area (Å²) in [5, 5.41) is 4.11. The molecule has 24 heavy (non-hydrogen) atoms. The molecule has 3 rings (SSSR count). The first-order chi connectivity index (χ1) is 11.6. The lowest BCUT2D eigenvalue weighted by Crippen LogP contribution is -2.33. The van der Waals surface area contributed by atoms with Gasteiger partial charge in [0.15, 0.2) is 0 Å². The van der Waals surface area contributed by atoms with Gasteiger partial charge >= 0.3 is 0 Å². The van der Waals surface area contributed by atoms with Crippen LogP contribution in [0.3, 0.4) is 0 Å². The van der Waals surface area contributed by atoms with Crippen molar-refractivity contribution in [2.75, 3.05) is 0 Å². The molecule has 2 amide bonds. The molecule has 4 nitrogen and oxygen atoms in total. The van der Waals surface area contributed by atoms with Gasteiger partial charge in [0.2, 0.25) is 0 Å². The topological polar surface area (TPSA) is 49.4 Å². The van der Waals surface area contributed by atoms with Gasteiger partial charge in [0.1, 0.15) is 5.70 Å². The fourth-order valence-corrected chi connectivity index (χ4v) is 2.81. The molecule has 6 heteroatoms. The molecule has 0 fully saturated rings. The molecule has 0 atom stereocenters. The highest BCUT2D eigenvalue weighted by atomic mass is 35.5. The number of hydrogen-bond acceptors (Lipinski definition) is 3. The molecule has 0 radical (unpaired) electrons. The first-order valence-corrected chi connectivity index (χ1v) is 8.10. The minimum Gasteiger partial charge on any atom is -0.376 e. The van der Waals surface area contributed by atoms with Gasteiger partial charge in [-0.25, -0.2) is 0 Å². The lowest BCUT2D eigenvalue weighted by atomic mass is 10.2. The summed E-state index contributed by atoms with van der Waals surface area (Å²) in [6.07, 6.45) is 1.30. The van der Waals surface area contributed by atoms with Crippen molar-refractivity contribution in [2.45, 2.75) is 13.1 Å². The molecule has 1 aliphatic rings. The highest BCUT2D eigenvalue weighted by Gasteiger charge is 2.31. The highest BCUT2D eigenvalue weighted by molar-refractivity contribution is 6.31. The van der Waals surface area contributed by atoms with Crippen LogP contribution in [0.1, 0.15) is 11.1 Å². The van der Waals surface area contributed by atoms with Crippen LogP contribution in [0.4, 0.5) is 0 Å². The van der Waals surface area contributed by atoms with Crippen LogP contribution in [0.15, 0.2) is 60.3 Å². The Labute approximate surface area is 149 Å². The molecular weight excluding hydrogens is 347 g/mol. The summed E-state index contributed by atoms with van der Waals surface area (Å²) >= 11 is 12.2. The average molecular weight is 361 g/mol. The largest absolute Gasteiger partial charge is 0.376 e. The van der Waals surface area contributed by atoms with Gasteiger partial charge in [-0.3, -0.25) is 14.5 Å². The van der Waals surface area contributed by atoms with E-state index >= 15 is 0 Å². The van der Waals surface area contributed by atoms with Crippen LogP contribution in [0.25, 0.3) is 0 Å². The molecule has 0 saturated carbocycles. The third-order valence-corrected chi connectivity index (χ3v) is 4.46. The second-order valence-corrected chi connectivity index (χ2v) is 6.14. The van der Waals surface area contributed by atoms with Crippen molar-refractivity contribution >= 4 is 35.0 Å². The van der Waals surface area contributed by atoms with E-state index in [1.165, 1.54) is 6.08 Å². The van der Waals surface area contributed by atoms with E-state index in [0.29, 0.717) is 16.6 Å². The summed E-state index contributed by atoms with van der Waals surface area (Å²) in [7, 11) is 0. The van der Waals surface area contributed by atoms with E-state index in [4.69, 9.17) is 23.2 Å². The first-order valence-electron chi connectivity index (χ1n) is 7.34. The van der Waals surface area contributed by atoms with Crippen LogP contribution in [-0.2, 0) is 22.7 Å². The number of imide groups is 1. The lowest BCUT2D eigenvalue weighted by Gasteiger charge is -2.16. The Bertz CT molecular complexity index is 833. The summed E-state index contributed by atoms with van der Waals surface area (Å²) in [4.78, 5) is 25.7. The molecule has 2 aromatic rings. The van der Waals surface area contributed by atoms with Crippen molar-refractivity contribution in [3.63, 3.8) is 0 Å². The maximum absolute atomic E-state index is 12.4. The molecule has 0 saturated heterocycles. The molecule has 0 aromatic heterocycles. The second kappa shape index (κ2) is 7.07. The van der Waals surface area contributed by atoms with Gasteiger partial charge in [0.05, 0.1) is 6.54 Å². The van der Waals surface area contributed by atoms with Crippen LogP contribution in [-0.4, -0.2) is 16.7 Å². The second-order valence-electron chi connectivity index (χ2n) is 5.32. The third-order valence-electron chi connectivity index (χ3n) is 3.72. The van der Waals surface area contributed by atoms with Crippen molar-refractivity contribution in [3.05, 3.63) is 81.5 Å². The fraction of sp³-hybridized carbons (Fsp3) is 0.111. The number of carbonyl (C=O) groups is 2. The maximum Gasteiger partial charge on any atom is 0.277 e. The highest BCUT2D eigenvalue weighted by Crippen LogP contribution is 2.21. The first kappa shape index (κ1) is 16.6. The number of nitrogens with one attached hydrogen (secondary N) is 1. The van der Waals surface area contributed by atoms with Crippen molar-refractivity contribution in [1.82, 2.24) is 10.2 Å². The monoisotopic (exact) mass is 360 g/mol. The number of hydrogen-bond donors (Lipinski definition) is 1. The van der Waals surface area contributed by atoms with Crippen LogP contribution in [0.2, 0.25) is 10.0 Å². The van der Waals surface area contributed by atoms with Gasteiger partial charge in [-0.15, -0.1) is 0 Å². The van der Waals surface area contributed by atoms with Gasteiger partial charge in [0.25, 0.3) is 11.8 Å². The molecule has 1 heterocycles. The molecule has 0 unspecified atom stereocenters. The molecule has 0 spiro atoms. The minimum atomic E-state index is -0.369. The number of amides is 2. The summed E-state index contributed by atoms with van der Waals surface area (Å²) in [6, 6.07) is 14.5.